The molecule has 1 N–H and O–H groups in total. The first-order valence-corrected chi connectivity index (χ1v) is 10.2. The smallest absolute Gasteiger partial charge is 0.193 e. The van der Waals surface area contributed by atoms with Crippen molar-refractivity contribution < 1.29 is 4.74 Å². The van der Waals surface area contributed by atoms with E-state index in [1.54, 1.807) is 11.3 Å². The molecule has 1 aromatic heterocycles. The minimum Gasteiger partial charge on any atom is -0.381 e. The molecule has 2 fully saturated rings. The summed E-state index contributed by atoms with van der Waals surface area (Å²) in [5.74, 6) is 1.01. The van der Waals surface area contributed by atoms with E-state index in [1.807, 2.05) is 13.1 Å². The molecule has 6 heteroatoms. The second-order valence-electron chi connectivity index (χ2n) is 7.21. The molecule has 0 amide bonds. The van der Waals surface area contributed by atoms with Gasteiger partial charge in [-0.1, -0.05) is 30.3 Å². The maximum Gasteiger partial charge on any atom is 0.193 e. The SMILES string of the molecule is CN=C(NCCc1csc(-c2ccccc2)n1)N1CCC2(CCOC2)C1. The summed E-state index contributed by atoms with van der Waals surface area (Å²) in [6.45, 7) is 4.79. The lowest BCUT2D eigenvalue weighted by Gasteiger charge is -2.24. The highest BCUT2D eigenvalue weighted by atomic mass is 32.1. The Morgan fingerprint density at radius 1 is 1.35 bits per heavy atom. The van der Waals surface area contributed by atoms with Gasteiger partial charge in [0.1, 0.15) is 5.01 Å². The van der Waals surface area contributed by atoms with Crippen LogP contribution in [0.1, 0.15) is 18.5 Å². The Hall–Kier alpha value is -1.92. The fourth-order valence-corrected chi connectivity index (χ4v) is 4.72. The zero-order valence-corrected chi connectivity index (χ0v) is 16.1. The molecule has 1 atom stereocenters. The fourth-order valence-electron chi connectivity index (χ4n) is 3.86. The van der Waals surface area contributed by atoms with E-state index >= 15 is 0 Å². The van der Waals surface area contributed by atoms with Crippen LogP contribution in [0.5, 0.6) is 0 Å². The van der Waals surface area contributed by atoms with Gasteiger partial charge in [-0.25, -0.2) is 4.98 Å². The zero-order chi connectivity index (χ0) is 17.8. The van der Waals surface area contributed by atoms with Crippen LogP contribution >= 0.6 is 11.3 Å². The Kier molecular flexibility index (Phi) is 5.22. The number of hydrogen-bond acceptors (Lipinski definition) is 4. The molecular weight excluding hydrogens is 344 g/mol. The van der Waals surface area contributed by atoms with Gasteiger partial charge in [-0.15, -0.1) is 11.3 Å². The molecule has 5 nitrogen and oxygen atoms in total. The third-order valence-corrected chi connectivity index (χ3v) is 6.31. The lowest BCUT2D eigenvalue weighted by Crippen LogP contribution is -2.42. The number of aromatic nitrogens is 1. The van der Waals surface area contributed by atoms with Gasteiger partial charge in [0.25, 0.3) is 0 Å². The Morgan fingerprint density at radius 2 is 2.23 bits per heavy atom. The second-order valence-corrected chi connectivity index (χ2v) is 8.07. The molecule has 138 valence electrons. The van der Waals surface area contributed by atoms with Crippen molar-refractivity contribution in [2.24, 2.45) is 10.4 Å². The van der Waals surface area contributed by atoms with Crippen molar-refractivity contribution in [3.05, 3.63) is 41.4 Å². The summed E-state index contributed by atoms with van der Waals surface area (Å²) in [5.41, 5.74) is 2.68. The number of thiazole rings is 1. The van der Waals surface area contributed by atoms with E-state index in [0.29, 0.717) is 5.41 Å². The number of ether oxygens (including phenoxy) is 1. The summed E-state index contributed by atoms with van der Waals surface area (Å²) >= 11 is 1.71. The number of nitrogens with one attached hydrogen (secondary N) is 1. The third kappa shape index (κ3) is 3.76. The van der Waals surface area contributed by atoms with Crippen LogP contribution in [0.2, 0.25) is 0 Å². The number of rotatable bonds is 4. The molecule has 0 aliphatic carbocycles. The van der Waals surface area contributed by atoms with Crippen LogP contribution < -0.4 is 5.32 Å². The summed E-state index contributed by atoms with van der Waals surface area (Å²) in [7, 11) is 1.87. The third-order valence-electron chi connectivity index (χ3n) is 5.37. The van der Waals surface area contributed by atoms with E-state index in [0.717, 1.165) is 55.9 Å². The number of aliphatic imine (C=N–C) groups is 1. The average molecular weight is 371 g/mol. The van der Waals surface area contributed by atoms with Crippen molar-refractivity contribution in [2.45, 2.75) is 19.3 Å². The Bertz CT molecular complexity index is 752. The van der Waals surface area contributed by atoms with Crippen molar-refractivity contribution in [1.29, 1.82) is 0 Å². The van der Waals surface area contributed by atoms with Crippen LogP contribution in [0.3, 0.4) is 0 Å². The minimum absolute atomic E-state index is 0.358. The minimum atomic E-state index is 0.358. The van der Waals surface area contributed by atoms with Gasteiger partial charge in [0.2, 0.25) is 0 Å². The first-order chi connectivity index (χ1) is 12.8. The predicted octanol–water partition coefficient (Wildman–Crippen LogP) is 3.04. The van der Waals surface area contributed by atoms with Crippen LogP contribution in [0, 0.1) is 5.41 Å². The van der Waals surface area contributed by atoms with Gasteiger partial charge < -0.3 is 15.0 Å². The van der Waals surface area contributed by atoms with Crippen molar-refractivity contribution in [1.82, 2.24) is 15.2 Å². The summed E-state index contributed by atoms with van der Waals surface area (Å²) in [5, 5.41) is 6.77. The maximum atomic E-state index is 5.63. The van der Waals surface area contributed by atoms with Crippen LogP contribution in [0.4, 0.5) is 0 Å². The highest BCUT2D eigenvalue weighted by Crippen LogP contribution is 2.38. The molecule has 0 saturated carbocycles. The number of nitrogens with zero attached hydrogens (tertiary/aromatic N) is 3. The Morgan fingerprint density at radius 3 is 3.00 bits per heavy atom. The molecule has 2 saturated heterocycles. The second kappa shape index (κ2) is 7.76. The lowest BCUT2D eigenvalue weighted by molar-refractivity contribution is 0.156. The molecule has 3 heterocycles. The fraction of sp³-hybridized carbons (Fsp3) is 0.500. The largest absolute Gasteiger partial charge is 0.381 e. The maximum absolute atomic E-state index is 5.63. The van der Waals surface area contributed by atoms with Crippen molar-refractivity contribution in [2.75, 3.05) is 39.9 Å². The van der Waals surface area contributed by atoms with E-state index in [4.69, 9.17) is 9.72 Å². The number of likely N-dealkylation sites (tertiary alicyclic amines) is 1. The Balaban J connectivity index is 1.29. The standard InChI is InChI=1S/C20H26N4OS/c1-21-19(24-11-8-20(14-24)9-12-25-15-20)22-10-7-17-13-26-18(23-17)16-5-3-2-4-6-16/h2-6,13H,7-12,14-15H2,1H3,(H,21,22). The topological polar surface area (TPSA) is 49.8 Å². The molecule has 2 aliphatic heterocycles. The molecular formula is C20H26N4OS. The number of guanidine groups is 1. The lowest BCUT2D eigenvalue weighted by atomic mass is 9.87. The normalized spacial score (nSPS) is 23.1. The van der Waals surface area contributed by atoms with Gasteiger partial charge in [0.05, 0.1) is 12.3 Å². The van der Waals surface area contributed by atoms with Crippen LogP contribution in [0.15, 0.2) is 40.7 Å². The number of benzene rings is 1. The molecule has 4 rings (SSSR count). The summed E-state index contributed by atoms with van der Waals surface area (Å²) < 4.78 is 5.63. The molecule has 0 bridgehead atoms. The van der Waals surface area contributed by atoms with Crippen LogP contribution in [0.25, 0.3) is 10.6 Å². The highest BCUT2D eigenvalue weighted by Gasteiger charge is 2.42. The van der Waals surface area contributed by atoms with Gasteiger partial charge in [-0.3, -0.25) is 4.99 Å². The molecule has 26 heavy (non-hydrogen) atoms. The molecule has 2 aromatic rings. The van der Waals surface area contributed by atoms with Crippen LogP contribution in [-0.4, -0.2) is 55.7 Å². The first kappa shape index (κ1) is 17.5. The van der Waals surface area contributed by atoms with E-state index in [1.165, 1.54) is 18.4 Å². The van der Waals surface area contributed by atoms with Gasteiger partial charge >= 0.3 is 0 Å². The summed E-state index contributed by atoms with van der Waals surface area (Å²) in [4.78, 5) is 11.6. The molecule has 2 aliphatic rings. The van der Waals surface area contributed by atoms with E-state index < -0.39 is 0 Å². The summed E-state index contributed by atoms with van der Waals surface area (Å²) in [6.07, 6.45) is 3.30. The van der Waals surface area contributed by atoms with E-state index in [9.17, 15) is 0 Å². The monoisotopic (exact) mass is 370 g/mol. The van der Waals surface area contributed by atoms with Gasteiger partial charge in [-0.2, -0.15) is 0 Å². The average Bonchev–Trinajstić information content (AvgIpc) is 3.42. The quantitative estimate of drug-likeness (QED) is 0.664. The van der Waals surface area contributed by atoms with Gasteiger partial charge in [0.15, 0.2) is 5.96 Å². The zero-order valence-electron chi connectivity index (χ0n) is 15.3. The van der Waals surface area contributed by atoms with Gasteiger partial charge in [-0.05, 0) is 12.8 Å². The van der Waals surface area contributed by atoms with Crippen molar-refractivity contribution in [3.63, 3.8) is 0 Å². The van der Waals surface area contributed by atoms with Crippen LogP contribution in [-0.2, 0) is 11.2 Å². The van der Waals surface area contributed by atoms with E-state index in [-0.39, 0.29) is 0 Å². The summed E-state index contributed by atoms with van der Waals surface area (Å²) in [6, 6.07) is 10.4. The first-order valence-electron chi connectivity index (χ1n) is 9.31. The highest BCUT2D eigenvalue weighted by molar-refractivity contribution is 7.13. The molecule has 1 spiro atoms. The predicted molar refractivity (Wildman–Crippen MR) is 107 cm³/mol. The molecule has 0 radical (unpaired) electrons. The molecule has 1 unspecified atom stereocenters. The van der Waals surface area contributed by atoms with Crippen molar-refractivity contribution in [3.8, 4) is 10.6 Å². The molecule has 1 aromatic carbocycles. The number of hydrogen-bond donors (Lipinski definition) is 1. The van der Waals surface area contributed by atoms with Gasteiger partial charge in [0, 0.05) is 56.1 Å². The van der Waals surface area contributed by atoms with E-state index in [2.05, 4.69) is 44.9 Å². The Labute approximate surface area is 159 Å². The van der Waals surface area contributed by atoms with Crippen molar-refractivity contribution >= 4 is 17.3 Å².